The molecule has 2 aliphatic heterocycles. The molecule has 0 saturated carbocycles. The third-order valence-electron chi connectivity index (χ3n) is 3.66. The molecule has 0 amide bonds. The van der Waals surface area contributed by atoms with E-state index < -0.39 is 0 Å². The van der Waals surface area contributed by atoms with E-state index in [1.165, 1.54) is 0 Å². The number of hydrogen-bond acceptors (Lipinski definition) is 2. The van der Waals surface area contributed by atoms with Gasteiger partial charge < -0.3 is 9.47 Å². The molecule has 19 heavy (non-hydrogen) atoms. The van der Waals surface area contributed by atoms with E-state index in [1.807, 2.05) is 6.08 Å². The summed E-state index contributed by atoms with van der Waals surface area (Å²) in [7, 11) is 0. The molecule has 2 aliphatic rings. The number of ether oxygens (including phenoxy) is 2. The van der Waals surface area contributed by atoms with Crippen LogP contribution in [-0.2, 0) is 9.47 Å². The summed E-state index contributed by atoms with van der Waals surface area (Å²) >= 11 is 7.46. The number of alkyl halides is 2. The average Bonchev–Trinajstić information content (AvgIpc) is 3.00. The minimum atomic E-state index is 0.247. The molecule has 0 aromatic heterocycles. The minimum Gasteiger partial charge on any atom is -0.373 e. The molecule has 6 unspecified atom stereocenters. The molecule has 2 heterocycles. The van der Waals surface area contributed by atoms with Crippen LogP contribution < -0.4 is 0 Å². The summed E-state index contributed by atoms with van der Waals surface area (Å²) in [6.07, 6.45) is 14.3. The molecule has 2 saturated heterocycles. The predicted octanol–water partition coefficient (Wildman–Crippen LogP) is 3.82. The number of hydrogen-bond donors (Lipinski definition) is 0. The minimum absolute atomic E-state index is 0.247. The van der Waals surface area contributed by atoms with Crippen molar-refractivity contribution < 1.29 is 9.47 Å². The fourth-order valence-electron chi connectivity index (χ4n) is 2.48. The Balaban J connectivity index is 1.72. The maximum absolute atomic E-state index is 6.05. The van der Waals surface area contributed by atoms with Gasteiger partial charge in [-0.3, -0.25) is 0 Å². The summed E-state index contributed by atoms with van der Waals surface area (Å²) in [5, 5.41) is 0. The topological polar surface area (TPSA) is 21.8 Å². The molecule has 0 aliphatic carbocycles. The van der Waals surface area contributed by atoms with Gasteiger partial charge in [-0.05, 0) is 19.3 Å². The predicted molar refractivity (Wildman–Crippen MR) is 84.9 cm³/mol. The van der Waals surface area contributed by atoms with Crippen molar-refractivity contribution in [1.82, 2.24) is 0 Å². The third-order valence-corrected chi connectivity index (χ3v) is 5.58. The van der Waals surface area contributed by atoms with Gasteiger partial charge in [0.05, 0.1) is 18.3 Å². The maximum atomic E-state index is 6.05. The van der Waals surface area contributed by atoms with Crippen LogP contribution >= 0.6 is 31.9 Å². The summed E-state index contributed by atoms with van der Waals surface area (Å²) in [5.41, 5.74) is 0. The van der Waals surface area contributed by atoms with Crippen LogP contribution in [0.4, 0.5) is 0 Å². The lowest BCUT2D eigenvalue weighted by molar-refractivity contribution is 0.0426. The van der Waals surface area contributed by atoms with Crippen molar-refractivity contribution in [3.63, 3.8) is 0 Å². The highest BCUT2D eigenvalue weighted by atomic mass is 79.9. The van der Waals surface area contributed by atoms with E-state index in [1.54, 1.807) is 0 Å². The van der Waals surface area contributed by atoms with Gasteiger partial charge in [0, 0.05) is 16.1 Å². The highest BCUT2D eigenvalue weighted by molar-refractivity contribution is 9.09. The maximum Gasteiger partial charge on any atom is 0.102 e. The normalized spacial score (nSPS) is 39.4. The number of terminal acetylenes is 1. The SMILES string of the molecule is C#CCC=CC1OC1CC(Br)C1CC(Br)C(CC)O1. The molecule has 2 rings (SSSR count). The fourth-order valence-corrected chi connectivity index (χ4v) is 4.06. The van der Waals surface area contributed by atoms with E-state index in [-0.39, 0.29) is 12.2 Å². The van der Waals surface area contributed by atoms with Crippen LogP contribution in [0.15, 0.2) is 12.2 Å². The van der Waals surface area contributed by atoms with Crippen molar-refractivity contribution in [1.29, 1.82) is 0 Å². The number of epoxide rings is 1. The van der Waals surface area contributed by atoms with Gasteiger partial charge in [0.15, 0.2) is 0 Å². The smallest absolute Gasteiger partial charge is 0.102 e. The van der Waals surface area contributed by atoms with Crippen LogP contribution in [-0.4, -0.2) is 34.1 Å². The lowest BCUT2D eigenvalue weighted by atomic mass is 10.1. The van der Waals surface area contributed by atoms with Gasteiger partial charge in [0.1, 0.15) is 6.10 Å². The van der Waals surface area contributed by atoms with Crippen LogP contribution in [0.25, 0.3) is 0 Å². The van der Waals surface area contributed by atoms with Crippen molar-refractivity contribution in [2.24, 2.45) is 0 Å². The monoisotopic (exact) mass is 390 g/mol. The Hall–Kier alpha value is 0.180. The zero-order valence-corrected chi connectivity index (χ0v) is 14.3. The van der Waals surface area contributed by atoms with Gasteiger partial charge in [-0.25, -0.2) is 0 Å². The van der Waals surface area contributed by atoms with Crippen molar-refractivity contribution in [2.45, 2.75) is 66.7 Å². The van der Waals surface area contributed by atoms with E-state index in [4.69, 9.17) is 15.9 Å². The summed E-state index contributed by atoms with van der Waals surface area (Å²) in [4.78, 5) is 0.842. The molecule has 0 aromatic rings. The lowest BCUT2D eigenvalue weighted by Gasteiger charge is -2.17. The van der Waals surface area contributed by atoms with E-state index in [0.29, 0.717) is 28.3 Å². The van der Waals surface area contributed by atoms with Gasteiger partial charge in [0.2, 0.25) is 0 Å². The molecule has 4 heteroatoms. The Bertz CT molecular complexity index is 364. The highest BCUT2D eigenvalue weighted by Gasteiger charge is 2.42. The molecule has 2 fully saturated rings. The molecule has 0 radical (unpaired) electrons. The van der Waals surface area contributed by atoms with Gasteiger partial charge >= 0.3 is 0 Å². The van der Waals surface area contributed by atoms with Gasteiger partial charge in [-0.15, -0.1) is 12.3 Å². The lowest BCUT2D eigenvalue weighted by Crippen LogP contribution is -2.23. The van der Waals surface area contributed by atoms with Crippen LogP contribution in [0.5, 0.6) is 0 Å². The molecule has 2 nitrogen and oxygen atoms in total. The summed E-state index contributed by atoms with van der Waals surface area (Å²) in [6.45, 7) is 2.17. The molecule has 106 valence electrons. The molecule has 6 atom stereocenters. The van der Waals surface area contributed by atoms with Gasteiger partial charge in [0.25, 0.3) is 0 Å². The molecule has 0 N–H and O–H groups in total. The first kappa shape index (κ1) is 15.6. The average molecular weight is 392 g/mol. The van der Waals surface area contributed by atoms with E-state index in [9.17, 15) is 0 Å². The number of allylic oxidation sites excluding steroid dienone is 1. The summed E-state index contributed by atoms with van der Waals surface area (Å²) in [5.74, 6) is 2.59. The van der Waals surface area contributed by atoms with Crippen molar-refractivity contribution >= 4 is 31.9 Å². The number of halogens is 2. The van der Waals surface area contributed by atoms with Crippen molar-refractivity contribution in [3.8, 4) is 12.3 Å². The molecule has 0 bridgehead atoms. The fraction of sp³-hybridized carbons (Fsp3) is 0.733. The highest BCUT2D eigenvalue weighted by Crippen LogP contribution is 2.37. The van der Waals surface area contributed by atoms with Crippen molar-refractivity contribution in [3.05, 3.63) is 12.2 Å². The Morgan fingerprint density at radius 1 is 1.42 bits per heavy atom. The Morgan fingerprint density at radius 3 is 2.84 bits per heavy atom. The van der Waals surface area contributed by atoms with Crippen LogP contribution in [0.3, 0.4) is 0 Å². The Morgan fingerprint density at radius 2 is 2.21 bits per heavy atom. The second kappa shape index (κ2) is 7.26. The molecule has 0 aromatic carbocycles. The molecule has 0 spiro atoms. The quantitative estimate of drug-likeness (QED) is 0.297. The van der Waals surface area contributed by atoms with E-state index in [2.05, 4.69) is 50.8 Å². The Kier molecular flexibility index (Phi) is 5.95. The first-order valence-corrected chi connectivity index (χ1v) is 8.68. The zero-order valence-electron chi connectivity index (χ0n) is 11.1. The third kappa shape index (κ3) is 4.32. The number of rotatable bonds is 6. The first-order chi connectivity index (χ1) is 9.15. The largest absolute Gasteiger partial charge is 0.373 e. The van der Waals surface area contributed by atoms with Crippen LogP contribution in [0, 0.1) is 12.3 Å². The zero-order chi connectivity index (χ0) is 13.8. The van der Waals surface area contributed by atoms with E-state index >= 15 is 0 Å². The summed E-state index contributed by atoms with van der Waals surface area (Å²) < 4.78 is 11.7. The standard InChI is InChI=1S/C15H20Br2O2/c1-3-5-6-7-13-15(19-13)9-11(17)14-8-10(16)12(4-2)18-14/h1,6-7,10-15H,4-5,8-9H2,2H3. The van der Waals surface area contributed by atoms with Crippen molar-refractivity contribution in [2.75, 3.05) is 0 Å². The van der Waals surface area contributed by atoms with Crippen LogP contribution in [0.1, 0.15) is 32.6 Å². The molecular weight excluding hydrogens is 372 g/mol. The van der Waals surface area contributed by atoms with Gasteiger partial charge in [-0.1, -0.05) is 50.9 Å². The first-order valence-electron chi connectivity index (χ1n) is 6.84. The summed E-state index contributed by atoms with van der Waals surface area (Å²) in [6, 6.07) is 0. The van der Waals surface area contributed by atoms with Gasteiger partial charge in [-0.2, -0.15) is 0 Å². The second-order valence-electron chi connectivity index (χ2n) is 5.10. The van der Waals surface area contributed by atoms with E-state index in [0.717, 1.165) is 19.3 Å². The van der Waals surface area contributed by atoms with Crippen LogP contribution in [0.2, 0.25) is 0 Å². The second-order valence-corrected chi connectivity index (χ2v) is 7.45. The molecular formula is C15H20Br2O2. The Labute approximate surface area is 132 Å².